The molecular weight excluding hydrogens is 210 g/mol. The van der Waals surface area contributed by atoms with Crippen LogP contribution in [0.1, 0.15) is 26.2 Å². The van der Waals surface area contributed by atoms with Crippen LogP contribution in [-0.4, -0.2) is 62.7 Å². The van der Waals surface area contributed by atoms with Crippen LogP contribution in [0.3, 0.4) is 0 Å². The molecule has 3 heteroatoms. The smallest absolute Gasteiger partial charge is 0.0223 e. The van der Waals surface area contributed by atoms with E-state index in [1.54, 1.807) is 0 Å². The Morgan fingerprint density at radius 2 is 2.29 bits per heavy atom. The number of piperidine rings is 1. The van der Waals surface area contributed by atoms with Crippen LogP contribution in [0.2, 0.25) is 0 Å². The third-order valence-electron chi connectivity index (χ3n) is 3.50. The normalized spacial score (nSPS) is 22.0. The molecule has 1 saturated heterocycles. The highest BCUT2D eigenvalue weighted by molar-refractivity contribution is 5.00. The summed E-state index contributed by atoms with van der Waals surface area (Å²) in [5.41, 5.74) is 1.30. The summed E-state index contributed by atoms with van der Waals surface area (Å²) < 4.78 is 0. The van der Waals surface area contributed by atoms with Crippen molar-refractivity contribution in [3.05, 3.63) is 12.2 Å². The molecule has 0 radical (unpaired) electrons. The second kappa shape index (κ2) is 7.85. The number of nitrogens with zero attached hydrogens (tertiary/aromatic N) is 2. The van der Waals surface area contributed by atoms with Gasteiger partial charge in [-0.15, -0.1) is 0 Å². The molecule has 1 heterocycles. The second-order valence-electron chi connectivity index (χ2n) is 5.40. The number of hydrogen-bond acceptors (Lipinski definition) is 3. The lowest BCUT2D eigenvalue weighted by Gasteiger charge is -2.36. The van der Waals surface area contributed by atoms with Gasteiger partial charge in [-0.2, -0.15) is 0 Å². The molecule has 1 atom stereocenters. The van der Waals surface area contributed by atoms with Gasteiger partial charge >= 0.3 is 0 Å². The van der Waals surface area contributed by atoms with Gasteiger partial charge in [-0.25, -0.2) is 0 Å². The summed E-state index contributed by atoms with van der Waals surface area (Å²) in [6, 6.07) is 0.705. The average Bonchev–Trinajstić information content (AvgIpc) is 2.29. The number of rotatable bonds is 7. The Bertz CT molecular complexity index is 228. The first-order valence-electron chi connectivity index (χ1n) is 6.89. The molecule has 17 heavy (non-hydrogen) atoms. The number of likely N-dealkylation sites (tertiary alicyclic amines) is 1. The van der Waals surface area contributed by atoms with E-state index in [2.05, 4.69) is 42.7 Å². The molecule has 100 valence electrons. The Hall–Kier alpha value is -0.380. The first-order chi connectivity index (χ1) is 8.13. The second-order valence-corrected chi connectivity index (χ2v) is 5.40. The molecule has 0 aliphatic carbocycles. The molecule has 1 aliphatic rings. The van der Waals surface area contributed by atoms with Crippen molar-refractivity contribution in [3.63, 3.8) is 0 Å². The number of likely N-dealkylation sites (N-methyl/N-ethyl adjacent to an activating group) is 2. The van der Waals surface area contributed by atoms with E-state index in [0.29, 0.717) is 6.04 Å². The molecule has 0 aromatic rings. The summed E-state index contributed by atoms with van der Waals surface area (Å²) in [6.07, 6.45) is 3.85. The van der Waals surface area contributed by atoms with E-state index in [0.717, 1.165) is 19.6 Å². The molecule has 0 aromatic heterocycles. The fourth-order valence-electron chi connectivity index (χ4n) is 2.48. The van der Waals surface area contributed by atoms with E-state index in [1.807, 2.05) is 0 Å². The third kappa shape index (κ3) is 5.66. The number of hydrogen-bond donors (Lipinski definition) is 1. The molecular formula is C14H29N3. The summed E-state index contributed by atoms with van der Waals surface area (Å²) in [5, 5.41) is 3.42. The molecule has 0 aromatic carbocycles. The van der Waals surface area contributed by atoms with Gasteiger partial charge in [0, 0.05) is 25.7 Å². The van der Waals surface area contributed by atoms with Gasteiger partial charge in [0.15, 0.2) is 0 Å². The minimum absolute atomic E-state index is 0.705. The van der Waals surface area contributed by atoms with Crippen molar-refractivity contribution in [2.75, 3.05) is 46.8 Å². The van der Waals surface area contributed by atoms with E-state index in [9.17, 15) is 0 Å². The molecule has 1 fully saturated rings. The topological polar surface area (TPSA) is 18.5 Å². The van der Waals surface area contributed by atoms with Crippen LogP contribution in [0.25, 0.3) is 0 Å². The molecule has 0 saturated carbocycles. The Morgan fingerprint density at radius 3 is 2.94 bits per heavy atom. The highest BCUT2D eigenvalue weighted by Crippen LogP contribution is 2.13. The maximum atomic E-state index is 4.16. The molecule has 0 amide bonds. The molecule has 1 aliphatic heterocycles. The van der Waals surface area contributed by atoms with E-state index in [4.69, 9.17) is 0 Å². The molecule has 0 spiro atoms. The fourth-order valence-corrected chi connectivity index (χ4v) is 2.48. The summed E-state index contributed by atoms with van der Waals surface area (Å²) in [7, 11) is 4.45. The lowest BCUT2D eigenvalue weighted by Crippen LogP contribution is -2.45. The van der Waals surface area contributed by atoms with Gasteiger partial charge in [-0.1, -0.05) is 13.5 Å². The summed E-state index contributed by atoms with van der Waals surface area (Å²) >= 11 is 0. The van der Waals surface area contributed by atoms with Crippen LogP contribution in [0.5, 0.6) is 0 Å². The first kappa shape index (κ1) is 14.7. The Balaban J connectivity index is 2.22. The van der Waals surface area contributed by atoms with E-state index < -0.39 is 0 Å². The van der Waals surface area contributed by atoms with Crippen LogP contribution in [-0.2, 0) is 0 Å². The van der Waals surface area contributed by atoms with Crippen molar-refractivity contribution in [1.29, 1.82) is 0 Å². The van der Waals surface area contributed by atoms with Crippen LogP contribution >= 0.6 is 0 Å². The molecule has 1 unspecified atom stereocenters. The predicted octanol–water partition coefficient (Wildman–Crippen LogP) is 1.57. The van der Waals surface area contributed by atoms with Crippen LogP contribution in [0, 0.1) is 0 Å². The van der Waals surface area contributed by atoms with Crippen molar-refractivity contribution in [3.8, 4) is 0 Å². The van der Waals surface area contributed by atoms with Crippen molar-refractivity contribution < 1.29 is 0 Å². The first-order valence-corrected chi connectivity index (χ1v) is 6.89. The van der Waals surface area contributed by atoms with E-state index in [-0.39, 0.29) is 0 Å². The Kier molecular flexibility index (Phi) is 6.78. The quantitative estimate of drug-likeness (QED) is 0.537. The van der Waals surface area contributed by atoms with Gasteiger partial charge in [-0.05, 0) is 52.0 Å². The van der Waals surface area contributed by atoms with Gasteiger partial charge < -0.3 is 10.2 Å². The summed E-state index contributed by atoms with van der Waals surface area (Å²) in [5.74, 6) is 0. The third-order valence-corrected chi connectivity index (χ3v) is 3.50. The van der Waals surface area contributed by atoms with Crippen molar-refractivity contribution in [2.24, 2.45) is 0 Å². The maximum absolute atomic E-state index is 4.16. The molecule has 1 rings (SSSR count). The molecule has 3 nitrogen and oxygen atoms in total. The van der Waals surface area contributed by atoms with Gasteiger partial charge in [0.05, 0.1) is 0 Å². The summed E-state index contributed by atoms with van der Waals surface area (Å²) in [4.78, 5) is 4.90. The maximum Gasteiger partial charge on any atom is 0.0223 e. The largest absolute Gasteiger partial charge is 0.313 e. The van der Waals surface area contributed by atoms with Crippen LogP contribution in [0.15, 0.2) is 12.2 Å². The van der Waals surface area contributed by atoms with E-state index >= 15 is 0 Å². The Labute approximate surface area is 107 Å². The van der Waals surface area contributed by atoms with Crippen molar-refractivity contribution in [2.45, 2.75) is 32.2 Å². The average molecular weight is 239 g/mol. The zero-order valence-corrected chi connectivity index (χ0v) is 11.8. The zero-order valence-electron chi connectivity index (χ0n) is 11.8. The highest BCUT2D eigenvalue weighted by Gasteiger charge is 2.20. The standard InChI is InChI=1S/C14H29N3/c1-5-8-15-10-13(2)11-17(4)14-7-6-9-16(3)12-14/h14-15H,2,5-12H2,1,3-4H3. The van der Waals surface area contributed by atoms with Crippen LogP contribution in [0.4, 0.5) is 0 Å². The van der Waals surface area contributed by atoms with Crippen LogP contribution < -0.4 is 5.32 Å². The lowest BCUT2D eigenvalue weighted by atomic mass is 10.0. The molecule has 1 N–H and O–H groups in total. The van der Waals surface area contributed by atoms with Gasteiger partial charge in [-0.3, -0.25) is 4.90 Å². The summed E-state index contributed by atoms with van der Waals surface area (Å²) in [6.45, 7) is 11.9. The highest BCUT2D eigenvalue weighted by atomic mass is 15.2. The minimum atomic E-state index is 0.705. The Morgan fingerprint density at radius 1 is 1.53 bits per heavy atom. The van der Waals surface area contributed by atoms with Gasteiger partial charge in [0.25, 0.3) is 0 Å². The van der Waals surface area contributed by atoms with E-state index in [1.165, 1.54) is 37.9 Å². The van der Waals surface area contributed by atoms with Gasteiger partial charge in [0.2, 0.25) is 0 Å². The SMILES string of the molecule is C=C(CNCCC)CN(C)C1CCCN(C)C1. The fraction of sp³-hybridized carbons (Fsp3) is 0.857. The minimum Gasteiger partial charge on any atom is -0.313 e. The molecule has 0 bridgehead atoms. The number of nitrogens with one attached hydrogen (secondary N) is 1. The van der Waals surface area contributed by atoms with Gasteiger partial charge in [0.1, 0.15) is 0 Å². The lowest BCUT2D eigenvalue weighted by molar-refractivity contribution is 0.142. The van der Waals surface area contributed by atoms with Crippen molar-refractivity contribution in [1.82, 2.24) is 15.1 Å². The monoisotopic (exact) mass is 239 g/mol. The zero-order chi connectivity index (χ0) is 12.7. The predicted molar refractivity (Wildman–Crippen MR) is 75.4 cm³/mol. The van der Waals surface area contributed by atoms with Crippen molar-refractivity contribution >= 4 is 0 Å².